The summed E-state index contributed by atoms with van der Waals surface area (Å²) >= 11 is 0. The van der Waals surface area contributed by atoms with Crippen molar-refractivity contribution < 1.29 is 4.74 Å². The third-order valence-electron chi connectivity index (χ3n) is 4.54. The van der Waals surface area contributed by atoms with E-state index in [9.17, 15) is 0 Å². The lowest BCUT2D eigenvalue weighted by atomic mass is 10.00. The zero-order valence-corrected chi connectivity index (χ0v) is 15.6. The number of likely N-dealkylation sites (tertiary alicyclic amines) is 1. The number of hydrogen-bond donors (Lipinski definition) is 1. The molecular formula is C17H26IN3O. The molecule has 2 aliphatic heterocycles. The molecule has 1 saturated heterocycles. The first kappa shape index (κ1) is 17.4. The maximum atomic E-state index is 6.10. The molecule has 122 valence electrons. The fraction of sp³-hybridized carbons (Fsp3) is 0.588. The van der Waals surface area contributed by atoms with Crippen LogP contribution in [0.3, 0.4) is 0 Å². The fourth-order valence-electron chi connectivity index (χ4n) is 3.03. The molecule has 5 heteroatoms. The van der Waals surface area contributed by atoms with E-state index in [0.29, 0.717) is 5.96 Å². The van der Waals surface area contributed by atoms with Crippen molar-refractivity contribution in [2.45, 2.75) is 32.6 Å². The highest BCUT2D eigenvalue weighted by atomic mass is 127. The molecule has 0 radical (unpaired) electrons. The third-order valence-corrected chi connectivity index (χ3v) is 4.54. The van der Waals surface area contributed by atoms with Crippen LogP contribution in [-0.2, 0) is 12.8 Å². The number of benzene rings is 1. The van der Waals surface area contributed by atoms with Gasteiger partial charge in [0.1, 0.15) is 5.75 Å². The first-order chi connectivity index (χ1) is 10.2. The summed E-state index contributed by atoms with van der Waals surface area (Å²) in [6.07, 6.45) is 4.42. The minimum Gasteiger partial charge on any atom is -0.493 e. The Kier molecular flexibility index (Phi) is 6.35. The van der Waals surface area contributed by atoms with Crippen molar-refractivity contribution in [1.29, 1.82) is 0 Å². The number of guanidine groups is 1. The van der Waals surface area contributed by atoms with E-state index in [0.717, 1.165) is 50.8 Å². The van der Waals surface area contributed by atoms with Gasteiger partial charge in [0.2, 0.25) is 0 Å². The molecule has 2 aliphatic rings. The molecule has 22 heavy (non-hydrogen) atoms. The second-order valence-corrected chi connectivity index (χ2v) is 6.20. The average molecular weight is 415 g/mol. The lowest BCUT2D eigenvalue weighted by Crippen LogP contribution is -2.42. The van der Waals surface area contributed by atoms with Crippen LogP contribution in [0.1, 0.15) is 30.9 Å². The van der Waals surface area contributed by atoms with E-state index in [4.69, 9.17) is 10.5 Å². The van der Waals surface area contributed by atoms with E-state index in [1.165, 1.54) is 24.0 Å². The third kappa shape index (κ3) is 4.27. The van der Waals surface area contributed by atoms with Crippen LogP contribution in [0.5, 0.6) is 5.75 Å². The molecule has 4 nitrogen and oxygen atoms in total. The lowest BCUT2D eigenvalue weighted by molar-refractivity contribution is 0.277. The van der Waals surface area contributed by atoms with E-state index in [-0.39, 0.29) is 24.0 Å². The number of ether oxygens (including phenoxy) is 1. The quantitative estimate of drug-likeness (QED) is 0.469. The molecule has 0 aliphatic carbocycles. The molecule has 1 aromatic rings. The van der Waals surface area contributed by atoms with E-state index < -0.39 is 0 Å². The Balaban J connectivity index is 0.00000176. The topological polar surface area (TPSA) is 50.8 Å². The summed E-state index contributed by atoms with van der Waals surface area (Å²) in [4.78, 5) is 6.77. The monoisotopic (exact) mass is 415 g/mol. The van der Waals surface area contributed by atoms with Gasteiger partial charge in [0, 0.05) is 26.1 Å². The van der Waals surface area contributed by atoms with Gasteiger partial charge in [-0.25, -0.2) is 0 Å². The molecule has 0 amide bonds. The molecule has 2 N–H and O–H groups in total. The van der Waals surface area contributed by atoms with Crippen LogP contribution in [-0.4, -0.2) is 37.1 Å². The van der Waals surface area contributed by atoms with Gasteiger partial charge in [0.05, 0.1) is 6.61 Å². The molecule has 0 unspecified atom stereocenters. The maximum Gasteiger partial charge on any atom is 0.191 e. The summed E-state index contributed by atoms with van der Waals surface area (Å²) < 4.78 is 5.53. The van der Waals surface area contributed by atoms with Crippen LogP contribution in [0.25, 0.3) is 0 Å². The van der Waals surface area contributed by atoms with E-state index in [1.807, 2.05) is 0 Å². The number of fused-ring (bicyclic) bond motifs is 1. The first-order valence-corrected chi connectivity index (χ1v) is 8.02. The maximum absolute atomic E-state index is 6.10. The minimum atomic E-state index is 0. The Labute approximate surface area is 150 Å². The largest absolute Gasteiger partial charge is 0.493 e. The van der Waals surface area contributed by atoms with Gasteiger partial charge in [0.15, 0.2) is 5.96 Å². The molecule has 0 atom stereocenters. The van der Waals surface area contributed by atoms with Crippen molar-refractivity contribution >= 4 is 29.9 Å². The summed E-state index contributed by atoms with van der Waals surface area (Å²) in [7, 11) is 0. The Morgan fingerprint density at radius 1 is 1.36 bits per heavy atom. The number of hydrogen-bond acceptors (Lipinski definition) is 2. The van der Waals surface area contributed by atoms with Gasteiger partial charge in [-0.1, -0.05) is 19.1 Å². The summed E-state index contributed by atoms with van der Waals surface area (Å²) in [5, 5.41) is 0. The van der Waals surface area contributed by atoms with Gasteiger partial charge in [-0.3, -0.25) is 4.99 Å². The van der Waals surface area contributed by atoms with Gasteiger partial charge in [-0.2, -0.15) is 0 Å². The van der Waals surface area contributed by atoms with Crippen LogP contribution < -0.4 is 10.5 Å². The normalized spacial score (nSPS) is 18.6. The number of nitrogens with two attached hydrogens (primary N) is 1. The molecular weight excluding hydrogens is 389 g/mol. The molecule has 2 heterocycles. The molecule has 3 rings (SSSR count). The predicted octanol–water partition coefficient (Wildman–Crippen LogP) is 2.83. The second-order valence-electron chi connectivity index (χ2n) is 6.20. The molecule has 0 saturated carbocycles. The number of aliphatic imine (C=N–C) groups is 1. The van der Waals surface area contributed by atoms with E-state index in [2.05, 4.69) is 35.0 Å². The molecule has 0 aromatic heterocycles. The average Bonchev–Trinajstić information content (AvgIpc) is 2.95. The van der Waals surface area contributed by atoms with Crippen molar-refractivity contribution in [2.75, 3.05) is 26.2 Å². The highest BCUT2D eigenvalue weighted by Crippen LogP contribution is 2.26. The molecule has 0 spiro atoms. The van der Waals surface area contributed by atoms with E-state index >= 15 is 0 Å². The SMILES string of the molecule is CC1CCN(C(N)=NCCc2ccc3c(c2)CCO3)CC1.I. The van der Waals surface area contributed by atoms with Crippen LogP contribution in [0.4, 0.5) is 0 Å². The Morgan fingerprint density at radius 3 is 2.91 bits per heavy atom. The highest BCUT2D eigenvalue weighted by molar-refractivity contribution is 14.0. The molecule has 0 bridgehead atoms. The molecule has 1 aromatic carbocycles. The van der Waals surface area contributed by atoms with Crippen LogP contribution in [0.2, 0.25) is 0 Å². The number of rotatable bonds is 3. The van der Waals surface area contributed by atoms with Gasteiger partial charge in [-0.05, 0) is 42.4 Å². The minimum absolute atomic E-state index is 0. The Hall–Kier alpha value is -0.980. The Morgan fingerprint density at radius 2 is 2.14 bits per heavy atom. The Bertz CT molecular complexity index is 525. The molecule has 1 fully saturated rings. The number of nitrogens with zero attached hydrogens (tertiary/aromatic N) is 2. The fourth-order valence-corrected chi connectivity index (χ4v) is 3.03. The van der Waals surface area contributed by atoms with Gasteiger partial charge in [-0.15, -0.1) is 24.0 Å². The van der Waals surface area contributed by atoms with Gasteiger partial charge >= 0.3 is 0 Å². The lowest BCUT2D eigenvalue weighted by Gasteiger charge is -2.31. The second kappa shape index (κ2) is 8.04. The standard InChI is InChI=1S/C17H25N3O.HI/c1-13-5-9-20(10-6-13)17(18)19-8-4-14-2-3-16-15(12-14)7-11-21-16;/h2-3,12-13H,4-11H2,1H3,(H2,18,19);1H. The predicted molar refractivity (Wildman–Crippen MR) is 101 cm³/mol. The zero-order valence-electron chi connectivity index (χ0n) is 13.3. The van der Waals surface area contributed by atoms with Crippen LogP contribution in [0, 0.1) is 5.92 Å². The summed E-state index contributed by atoms with van der Waals surface area (Å²) in [6.45, 7) is 5.98. The summed E-state index contributed by atoms with van der Waals surface area (Å²) in [6, 6.07) is 6.46. The smallest absolute Gasteiger partial charge is 0.191 e. The van der Waals surface area contributed by atoms with Crippen LogP contribution in [0.15, 0.2) is 23.2 Å². The number of piperidine rings is 1. The van der Waals surface area contributed by atoms with Crippen LogP contribution >= 0.6 is 24.0 Å². The van der Waals surface area contributed by atoms with Crippen molar-refractivity contribution in [3.63, 3.8) is 0 Å². The summed E-state index contributed by atoms with van der Waals surface area (Å²) in [5.74, 6) is 2.58. The van der Waals surface area contributed by atoms with Gasteiger partial charge < -0.3 is 15.4 Å². The highest BCUT2D eigenvalue weighted by Gasteiger charge is 2.17. The van der Waals surface area contributed by atoms with Crippen molar-refractivity contribution in [3.8, 4) is 5.75 Å². The summed E-state index contributed by atoms with van der Waals surface area (Å²) in [5.41, 5.74) is 8.75. The van der Waals surface area contributed by atoms with E-state index in [1.54, 1.807) is 0 Å². The number of halogens is 1. The first-order valence-electron chi connectivity index (χ1n) is 8.02. The zero-order chi connectivity index (χ0) is 14.7. The van der Waals surface area contributed by atoms with Crippen molar-refractivity contribution in [2.24, 2.45) is 16.6 Å². The van der Waals surface area contributed by atoms with Crippen molar-refractivity contribution in [1.82, 2.24) is 4.90 Å². The van der Waals surface area contributed by atoms with Crippen molar-refractivity contribution in [3.05, 3.63) is 29.3 Å². The van der Waals surface area contributed by atoms with Gasteiger partial charge in [0.25, 0.3) is 0 Å².